The van der Waals surface area contributed by atoms with Crippen LogP contribution in [0.15, 0.2) is 53.3 Å². The van der Waals surface area contributed by atoms with Crippen molar-refractivity contribution < 1.29 is 18.7 Å². The fourth-order valence-electron chi connectivity index (χ4n) is 3.30. The van der Waals surface area contributed by atoms with Gasteiger partial charge in [-0.2, -0.15) is 5.10 Å². The maximum atomic E-state index is 14.3. The summed E-state index contributed by atoms with van der Waals surface area (Å²) in [5.74, 6) is 0.251. The number of nitrogens with zero attached hydrogens (tertiary/aromatic N) is 3. The molecule has 0 fully saturated rings. The van der Waals surface area contributed by atoms with E-state index in [2.05, 4.69) is 5.10 Å². The SMILES string of the molecule is CCN(Cc1ccc2c(c1)OCO2)C(=O)c1nn(-c2ccccc2F)c(C)cc1=O. The Morgan fingerprint density at radius 3 is 2.70 bits per heavy atom. The van der Waals surface area contributed by atoms with E-state index in [-0.39, 0.29) is 24.7 Å². The Morgan fingerprint density at radius 1 is 1.17 bits per heavy atom. The smallest absolute Gasteiger partial charge is 0.278 e. The molecular weight excluding hydrogens is 389 g/mol. The maximum absolute atomic E-state index is 14.3. The lowest BCUT2D eigenvalue weighted by atomic mass is 10.1. The predicted octanol–water partition coefficient (Wildman–Crippen LogP) is 3.07. The molecular formula is C22H20FN3O4. The van der Waals surface area contributed by atoms with Crippen LogP contribution in [-0.2, 0) is 6.54 Å². The second kappa shape index (κ2) is 7.98. The van der Waals surface area contributed by atoms with Crippen LogP contribution in [0.2, 0.25) is 0 Å². The number of para-hydroxylation sites is 1. The molecule has 0 bridgehead atoms. The first-order chi connectivity index (χ1) is 14.5. The van der Waals surface area contributed by atoms with Crippen LogP contribution in [-0.4, -0.2) is 33.9 Å². The molecule has 1 aromatic heterocycles. The minimum absolute atomic E-state index is 0.165. The Hall–Kier alpha value is -3.68. The summed E-state index contributed by atoms with van der Waals surface area (Å²) in [7, 11) is 0. The van der Waals surface area contributed by atoms with Crippen LogP contribution >= 0.6 is 0 Å². The van der Waals surface area contributed by atoms with Gasteiger partial charge in [-0.25, -0.2) is 9.07 Å². The van der Waals surface area contributed by atoms with Crippen molar-refractivity contribution in [3.8, 4) is 17.2 Å². The van der Waals surface area contributed by atoms with Crippen molar-refractivity contribution in [2.45, 2.75) is 20.4 Å². The first-order valence-corrected chi connectivity index (χ1v) is 9.51. The molecule has 0 spiro atoms. The van der Waals surface area contributed by atoms with Gasteiger partial charge in [-0.05, 0) is 43.7 Å². The van der Waals surface area contributed by atoms with E-state index in [0.29, 0.717) is 23.7 Å². The number of aryl methyl sites for hydroxylation is 1. The van der Waals surface area contributed by atoms with E-state index in [1.165, 1.54) is 27.8 Å². The lowest BCUT2D eigenvalue weighted by Gasteiger charge is -2.21. The molecule has 4 rings (SSSR count). The number of aromatic nitrogens is 2. The fraction of sp³-hybridized carbons (Fsp3) is 0.227. The minimum atomic E-state index is -0.523. The zero-order chi connectivity index (χ0) is 21.3. The number of benzene rings is 2. The van der Waals surface area contributed by atoms with Crippen LogP contribution in [0, 0.1) is 12.7 Å². The van der Waals surface area contributed by atoms with Crippen LogP contribution in [0.3, 0.4) is 0 Å². The highest BCUT2D eigenvalue weighted by Gasteiger charge is 2.22. The van der Waals surface area contributed by atoms with Gasteiger partial charge in [-0.1, -0.05) is 18.2 Å². The van der Waals surface area contributed by atoms with E-state index in [1.807, 2.05) is 13.0 Å². The molecule has 0 aliphatic carbocycles. The fourth-order valence-corrected chi connectivity index (χ4v) is 3.30. The Morgan fingerprint density at radius 2 is 1.93 bits per heavy atom. The third-order valence-electron chi connectivity index (χ3n) is 4.87. The average Bonchev–Trinajstić information content (AvgIpc) is 3.20. The highest BCUT2D eigenvalue weighted by atomic mass is 19.1. The van der Waals surface area contributed by atoms with Gasteiger partial charge in [0.25, 0.3) is 5.91 Å². The summed E-state index contributed by atoms with van der Waals surface area (Å²) in [6.07, 6.45) is 0. The van der Waals surface area contributed by atoms with E-state index in [1.54, 1.807) is 31.2 Å². The van der Waals surface area contributed by atoms with Gasteiger partial charge in [0, 0.05) is 24.8 Å². The summed E-state index contributed by atoms with van der Waals surface area (Å²) in [6, 6.07) is 12.8. The highest BCUT2D eigenvalue weighted by Crippen LogP contribution is 2.32. The van der Waals surface area contributed by atoms with Gasteiger partial charge in [-0.15, -0.1) is 0 Å². The predicted molar refractivity (Wildman–Crippen MR) is 108 cm³/mol. The van der Waals surface area contributed by atoms with Gasteiger partial charge in [-0.3, -0.25) is 9.59 Å². The minimum Gasteiger partial charge on any atom is -0.454 e. The molecule has 2 heterocycles. The number of ether oxygens (including phenoxy) is 2. The Bertz CT molecular complexity index is 1180. The summed E-state index contributed by atoms with van der Waals surface area (Å²) >= 11 is 0. The normalized spacial score (nSPS) is 12.1. The number of amides is 1. The van der Waals surface area contributed by atoms with Crippen molar-refractivity contribution in [1.82, 2.24) is 14.7 Å². The maximum Gasteiger partial charge on any atom is 0.278 e. The van der Waals surface area contributed by atoms with Crippen LogP contribution in [0.5, 0.6) is 11.5 Å². The molecule has 0 saturated heterocycles. The highest BCUT2D eigenvalue weighted by molar-refractivity contribution is 5.92. The zero-order valence-electron chi connectivity index (χ0n) is 16.6. The monoisotopic (exact) mass is 409 g/mol. The molecule has 0 N–H and O–H groups in total. The standard InChI is InChI=1S/C22H20FN3O4/c1-3-25(12-15-8-9-19-20(11-15)30-13-29-19)22(28)21-18(27)10-14(2)26(24-21)17-7-5-4-6-16(17)23/h4-11H,3,12-13H2,1-2H3. The van der Waals surface area contributed by atoms with Gasteiger partial charge < -0.3 is 14.4 Å². The van der Waals surface area contributed by atoms with Crippen molar-refractivity contribution in [1.29, 1.82) is 0 Å². The average molecular weight is 409 g/mol. The molecule has 2 aromatic carbocycles. The molecule has 7 nitrogen and oxygen atoms in total. The number of rotatable bonds is 5. The summed E-state index contributed by atoms with van der Waals surface area (Å²) in [6.45, 7) is 4.24. The number of hydrogen-bond donors (Lipinski definition) is 0. The summed E-state index contributed by atoms with van der Waals surface area (Å²) in [5.41, 5.74) is 0.667. The van der Waals surface area contributed by atoms with Gasteiger partial charge in [0.2, 0.25) is 12.2 Å². The van der Waals surface area contributed by atoms with Crippen molar-refractivity contribution in [2.24, 2.45) is 0 Å². The molecule has 1 aliphatic rings. The Balaban J connectivity index is 1.66. The second-order valence-electron chi connectivity index (χ2n) is 6.87. The second-order valence-corrected chi connectivity index (χ2v) is 6.87. The van der Waals surface area contributed by atoms with Crippen LogP contribution < -0.4 is 14.9 Å². The first-order valence-electron chi connectivity index (χ1n) is 9.51. The quantitative estimate of drug-likeness (QED) is 0.648. The van der Waals surface area contributed by atoms with E-state index < -0.39 is 17.2 Å². The Kier molecular flexibility index (Phi) is 5.22. The number of halogens is 1. The molecule has 0 unspecified atom stereocenters. The molecule has 8 heteroatoms. The molecule has 0 radical (unpaired) electrons. The number of carbonyl (C=O) groups is 1. The van der Waals surface area contributed by atoms with E-state index in [4.69, 9.17) is 9.47 Å². The van der Waals surface area contributed by atoms with Crippen LogP contribution in [0.4, 0.5) is 4.39 Å². The number of fused-ring (bicyclic) bond motifs is 1. The number of hydrogen-bond acceptors (Lipinski definition) is 5. The van der Waals surface area contributed by atoms with Crippen LogP contribution in [0.1, 0.15) is 28.7 Å². The lowest BCUT2D eigenvalue weighted by molar-refractivity contribution is 0.0743. The van der Waals surface area contributed by atoms with Gasteiger partial charge >= 0.3 is 0 Å². The topological polar surface area (TPSA) is 73.7 Å². The largest absolute Gasteiger partial charge is 0.454 e. The molecule has 0 atom stereocenters. The number of carbonyl (C=O) groups excluding carboxylic acids is 1. The summed E-state index contributed by atoms with van der Waals surface area (Å²) < 4.78 is 26.2. The summed E-state index contributed by atoms with van der Waals surface area (Å²) in [4.78, 5) is 27.1. The first kappa shape index (κ1) is 19.6. The molecule has 0 saturated carbocycles. The van der Waals surface area contributed by atoms with Crippen molar-refractivity contribution in [3.63, 3.8) is 0 Å². The van der Waals surface area contributed by atoms with Gasteiger partial charge in [0.1, 0.15) is 11.5 Å². The Labute approximate surface area is 172 Å². The molecule has 154 valence electrons. The van der Waals surface area contributed by atoms with Crippen molar-refractivity contribution in [3.05, 3.63) is 81.5 Å². The van der Waals surface area contributed by atoms with E-state index >= 15 is 0 Å². The van der Waals surface area contributed by atoms with Crippen LogP contribution in [0.25, 0.3) is 5.69 Å². The zero-order valence-corrected chi connectivity index (χ0v) is 16.6. The molecule has 30 heavy (non-hydrogen) atoms. The van der Waals surface area contributed by atoms with Crippen molar-refractivity contribution in [2.75, 3.05) is 13.3 Å². The lowest BCUT2D eigenvalue weighted by Crippen LogP contribution is -2.36. The molecule has 3 aromatic rings. The van der Waals surface area contributed by atoms with Gasteiger partial charge in [0.05, 0.1) is 0 Å². The van der Waals surface area contributed by atoms with E-state index in [9.17, 15) is 14.0 Å². The molecule has 1 aliphatic heterocycles. The van der Waals surface area contributed by atoms with Crippen molar-refractivity contribution >= 4 is 5.91 Å². The molecule has 1 amide bonds. The summed E-state index contributed by atoms with van der Waals surface area (Å²) in [5, 5.41) is 4.20. The third kappa shape index (κ3) is 3.63. The third-order valence-corrected chi connectivity index (χ3v) is 4.87. The van der Waals surface area contributed by atoms with E-state index in [0.717, 1.165) is 5.56 Å². The van der Waals surface area contributed by atoms with Gasteiger partial charge in [0.15, 0.2) is 17.2 Å².